The molecule has 3 rings (SSSR count). The van der Waals surface area contributed by atoms with Crippen LogP contribution in [0.15, 0.2) is 29.3 Å². The quantitative estimate of drug-likeness (QED) is 0.520. The summed E-state index contributed by atoms with van der Waals surface area (Å²) < 4.78 is 11.3. The molecule has 1 aromatic rings. The second-order valence-corrected chi connectivity index (χ2v) is 7.80. The van der Waals surface area contributed by atoms with Crippen LogP contribution in [0.3, 0.4) is 0 Å². The number of aliphatic imine (C=N–C) groups is 1. The van der Waals surface area contributed by atoms with Gasteiger partial charge in [0.15, 0.2) is 5.96 Å². The molecule has 1 atom stereocenters. The van der Waals surface area contributed by atoms with E-state index < -0.39 is 0 Å². The lowest BCUT2D eigenvalue weighted by atomic mass is 10.1. The summed E-state index contributed by atoms with van der Waals surface area (Å²) in [5.41, 5.74) is 1.23. The molecule has 2 saturated heterocycles. The van der Waals surface area contributed by atoms with E-state index in [2.05, 4.69) is 36.2 Å². The average Bonchev–Trinajstić information content (AvgIpc) is 3.32. The molecule has 1 N–H and O–H groups in total. The molecule has 1 aromatic carbocycles. The van der Waals surface area contributed by atoms with Gasteiger partial charge < -0.3 is 24.6 Å². The Bertz CT molecular complexity index is 695. The highest BCUT2D eigenvalue weighted by molar-refractivity contribution is 5.82. The van der Waals surface area contributed by atoms with Crippen LogP contribution < -0.4 is 10.1 Å². The number of piperazine rings is 1. The average molecular weight is 417 g/mol. The summed E-state index contributed by atoms with van der Waals surface area (Å²) in [6.07, 6.45) is 3.49. The van der Waals surface area contributed by atoms with E-state index in [1.54, 1.807) is 0 Å². The van der Waals surface area contributed by atoms with Gasteiger partial charge in [-0.2, -0.15) is 0 Å². The van der Waals surface area contributed by atoms with E-state index in [0.717, 1.165) is 76.7 Å². The molecule has 0 aromatic heterocycles. The first-order valence-corrected chi connectivity index (χ1v) is 11.4. The number of hydrogen-bond acceptors (Lipinski definition) is 4. The van der Waals surface area contributed by atoms with Gasteiger partial charge in [0.2, 0.25) is 0 Å². The topological polar surface area (TPSA) is 66.4 Å². The van der Waals surface area contributed by atoms with Crippen LogP contribution in [0.2, 0.25) is 0 Å². The molecule has 0 radical (unpaired) electrons. The maximum atomic E-state index is 12.6. The van der Waals surface area contributed by atoms with E-state index in [0.29, 0.717) is 13.2 Å². The third-order valence-corrected chi connectivity index (χ3v) is 5.46. The highest BCUT2D eigenvalue weighted by Gasteiger charge is 2.30. The summed E-state index contributed by atoms with van der Waals surface area (Å²) in [7, 11) is 0. The Labute approximate surface area is 180 Å². The van der Waals surface area contributed by atoms with E-state index in [1.807, 2.05) is 17.0 Å². The summed E-state index contributed by atoms with van der Waals surface area (Å²) in [5.74, 6) is 2.01. The van der Waals surface area contributed by atoms with E-state index in [-0.39, 0.29) is 12.0 Å². The van der Waals surface area contributed by atoms with Gasteiger partial charge in [0.25, 0.3) is 5.91 Å². The zero-order valence-corrected chi connectivity index (χ0v) is 18.4. The standard InChI is InChI=1S/C23H36N4O3/c1-3-16-29-20-8-5-7-19(18-20)10-11-25-23(24-4-2)27-14-12-26(13-15-27)22(28)21-9-6-17-30-21/h5,7-8,18,21H,3-4,6,9-17H2,1-2H3,(H,24,25). The van der Waals surface area contributed by atoms with Crippen molar-refractivity contribution in [3.8, 4) is 5.75 Å². The number of carbonyl (C=O) groups excluding carboxylic acids is 1. The van der Waals surface area contributed by atoms with Crippen molar-refractivity contribution in [2.45, 2.75) is 45.6 Å². The molecule has 0 saturated carbocycles. The molecule has 2 fully saturated rings. The SMILES string of the molecule is CCCOc1cccc(CCN=C(NCC)N2CCN(C(=O)C3CCCO3)CC2)c1. The Morgan fingerprint density at radius 2 is 2.03 bits per heavy atom. The molecule has 7 nitrogen and oxygen atoms in total. The van der Waals surface area contributed by atoms with Gasteiger partial charge in [0.05, 0.1) is 6.61 Å². The van der Waals surface area contributed by atoms with Crippen molar-refractivity contribution in [1.29, 1.82) is 0 Å². The summed E-state index contributed by atoms with van der Waals surface area (Å²) >= 11 is 0. The minimum Gasteiger partial charge on any atom is -0.494 e. The Kier molecular flexibility index (Phi) is 8.81. The number of hydrogen-bond donors (Lipinski definition) is 1. The van der Waals surface area contributed by atoms with Gasteiger partial charge in [-0.05, 0) is 50.3 Å². The molecule has 2 heterocycles. The maximum Gasteiger partial charge on any atom is 0.251 e. The minimum atomic E-state index is -0.226. The van der Waals surface area contributed by atoms with E-state index in [4.69, 9.17) is 14.5 Å². The Hall–Kier alpha value is -2.28. The molecule has 30 heavy (non-hydrogen) atoms. The second-order valence-electron chi connectivity index (χ2n) is 7.80. The van der Waals surface area contributed by atoms with Gasteiger partial charge >= 0.3 is 0 Å². The third kappa shape index (κ3) is 6.36. The van der Waals surface area contributed by atoms with Crippen LogP contribution in [0, 0.1) is 0 Å². The lowest BCUT2D eigenvalue weighted by Gasteiger charge is -2.37. The van der Waals surface area contributed by atoms with Crippen LogP contribution in [-0.2, 0) is 16.0 Å². The number of guanidine groups is 1. The summed E-state index contributed by atoms with van der Waals surface area (Å²) in [5, 5.41) is 3.40. The summed E-state index contributed by atoms with van der Waals surface area (Å²) in [6.45, 7) is 10.2. The van der Waals surface area contributed by atoms with Crippen molar-refractivity contribution in [2.24, 2.45) is 4.99 Å². The first kappa shape index (κ1) is 22.4. The normalized spacial score (nSPS) is 19.8. The van der Waals surface area contributed by atoms with Gasteiger partial charge in [0, 0.05) is 45.9 Å². The van der Waals surface area contributed by atoms with Gasteiger partial charge in [-0.1, -0.05) is 19.1 Å². The Morgan fingerprint density at radius 3 is 2.73 bits per heavy atom. The van der Waals surface area contributed by atoms with Gasteiger partial charge in [0.1, 0.15) is 11.9 Å². The predicted octanol–water partition coefficient (Wildman–Crippen LogP) is 2.31. The van der Waals surface area contributed by atoms with Crippen LogP contribution in [0.25, 0.3) is 0 Å². The molecule has 2 aliphatic heterocycles. The molecule has 166 valence electrons. The van der Waals surface area contributed by atoms with Crippen molar-refractivity contribution in [3.63, 3.8) is 0 Å². The molecular weight excluding hydrogens is 380 g/mol. The van der Waals surface area contributed by atoms with Crippen molar-refractivity contribution in [1.82, 2.24) is 15.1 Å². The predicted molar refractivity (Wildman–Crippen MR) is 119 cm³/mol. The molecular formula is C23H36N4O3. The fourth-order valence-electron chi connectivity index (χ4n) is 3.84. The Morgan fingerprint density at radius 1 is 1.23 bits per heavy atom. The molecule has 0 aliphatic carbocycles. The number of nitrogens with one attached hydrogen (secondary N) is 1. The van der Waals surface area contributed by atoms with Crippen LogP contribution in [0.5, 0.6) is 5.75 Å². The number of benzene rings is 1. The van der Waals surface area contributed by atoms with Gasteiger partial charge in [-0.25, -0.2) is 0 Å². The molecule has 1 unspecified atom stereocenters. The highest BCUT2D eigenvalue weighted by atomic mass is 16.5. The maximum absolute atomic E-state index is 12.6. The van der Waals surface area contributed by atoms with E-state index in [9.17, 15) is 4.79 Å². The van der Waals surface area contributed by atoms with Crippen molar-refractivity contribution < 1.29 is 14.3 Å². The van der Waals surface area contributed by atoms with Gasteiger partial charge in [-0.15, -0.1) is 0 Å². The number of rotatable bonds is 8. The van der Waals surface area contributed by atoms with Crippen LogP contribution >= 0.6 is 0 Å². The van der Waals surface area contributed by atoms with E-state index in [1.165, 1.54) is 5.56 Å². The zero-order valence-electron chi connectivity index (χ0n) is 18.4. The fraction of sp³-hybridized carbons (Fsp3) is 0.652. The van der Waals surface area contributed by atoms with Gasteiger partial charge in [-0.3, -0.25) is 9.79 Å². The Balaban J connectivity index is 1.50. The molecule has 1 amide bonds. The van der Waals surface area contributed by atoms with Crippen molar-refractivity contribution in [2.75, 3.05) is 52.5 Å². The monoisotopic (exact) mass is 416 g/mol. The summed E-state index contributed by atoms with van der Waals surface area (Å²) in [6, 6.07) is 8.27. The molecule has 2 aliphatic rings. The van der Waals surface area contributed by atoms with E-state index >= 15 is 0 Å². The lowest BCUT2D eigenvalue weighted by Crippen LogP contribution is -2.55. The molecule has 0 spiro atoms. The van der Waals surface area contributed by atoms with Crippen molar-refractivity contribution >= 4 is 11.9 Å². The number of carbonyl (C=O) groups is 1. The molecule has 7 heteroatoms. The number of ether oxygens (including phenoxy) is 2. The highest BCUT2D eigenvalue weighted by Crippen LogP contribution is 2.16. The minimum absolute atomic E-state index is 0.152. The van der Waals surface area contributed by atoms with Crippen LogP contribution in [0.1, 0.15) is 38.7 Å². The zero-order chi connectivity index (χ0) is 21.2. The van der Waals surface area contributed by atoms with Crippen LogP contribution in [0.4, 0.5) is 0 Å². The van der Waals surface area contributed by atoms with Crippen molar-refractivity contribution in [3.05, 3.63) is 29.8 Å². The first-order valence-electron chi connectivity index (χ1n) is 11.4. The smallest absolute Gasteiger partial charge is 0.251 e. The molecule has 0 bridgehead atoms. The summed E-state index contributed by atoms with van der Waals surface area (Å²) in [4.78, 5) is 21.6. The second kappa shape index (κ2) is 11.8. The first-order chi connectivity index (χ1) is 14.7. The number of nitrogens with zero attached hydrogens (tertiary/aromatic N) is 3. The fourth-order valence-corrected chi connectivity index (χ4v) is 3.84. The largest absolute Gasteiger partial charge is 0.494 e. The third-order valence-electron chi connectivity index (χ3n) is 5.46. The lowest BCUT2D eigenvalue weighted by molar-refractivity contribution is -0.142. The van der Waals surface area contributed by atoms with Crippen LogP contribution in [-0.4, -0.2) is 80.3 Å². The number of amides is 1.